The number of nitrogens with zero attached hydrogens (tertiary/aromatic N) is 2. The first kappa shape index (κ1) is 20.1. The molecule has 0 aromatic heterocycles. The SMILES string of the molecule is CCNC(=NCC1(c2ccccc2)CCOCC1)NCCN1CCOCC1. The monoisotopic (exact) mass is 374 g/mol. The van der Waals surface area contributed by atoms with Crippen molar-refractivity contribution < 1.29 is 9.47 Å². The highest BCUT2D eigenvalue weighted by Gasteiger charge is 2.34. The minimum atomic E-state index is 0.0755. The first-order chi connectivity index (χ1) is 13.3. The number of guanidine groups is 1. The smallest absolute Gasteiger partial charge is 0.191 e. The third kappa shape index (κ3) is 5.92. The van der Waals surface area contributed by atoms with E-state index in [1.165, 1.54) is 5.56 Å². The van der Waals surface area contributed by atoms with Crippen LogP contribution < -0.4 is 10.6 Å². The Balaban J connectivity index is 1.60. The van der Waals surface area contributed by atoms with Gasteiger partial charge in [-0.25, -0.2) is 0 Å². The summed E-state index contributed by atoms with van der Waals surface area (Å²) in [6.07, 6.45) is 2.04. The van der Waals surface area contributed by atoms with Crippen molar-refractivity contribution in [3.8, 4) is 0 Å². The highest BCUT2D eigenvalue weighted by Crippen LogP contribution is 2.35. The van der Waals surface area contributed by atoms with E-state index in [0.717, 1.165) is 84.5 Å². The first-order valence-electron chi connectivity index (χ1n) is 10.3. The van der Waals surface area contributed by atoms with E-state index >= 15 is 0 Å². The molecule has 0 unspecified atom stereocenters. The van der Waals surface area contributed by atoms with Crippen molar-refractivity contribution in [2.45, 2.75) is 25.2 Å². The van der Waals surface area contributed by atoms with Gasteiger partial charge in [0, 0.05) is 51.4 Å². The fourth-order valence-electron chi connectivity index (χ4n) is 3.82. The summed E-state index contributed by atoms with van der Waals surface area (Å²) in [6, 6.07) is 10.8. The van der Waals surface area contributed by atoms with Crippen LogP contribution in [0.3, 0.4) is 0 Å². The van der Waals surface area contributed by atoms with Crippen LogP contribution in [0.15, 0.2) is 35.3 Å². The van der Waals surface area contributed by atoms with E-state index < -0.39 is 0 Å². The summed E-state index contributed by atoms with van der Waals surface area (Å²) in [6.45, 7) is 11.0. The summed E-state index contributed by atoms with van der Waals surface area (Å²) in [7, 11) is 0. The summed E-state index contributed by atoms with van der Waals surface area (Å²) in [5.74, 6) is 0.910. The molecule has 0 amide bonds. The molecule has 0 aliphatic carbocycles. The van der Waals surface area contributed by atoms with Gasteiger partial charge in [0.05, 0.1) is 19.8 Å². The van der Waals surface area contributed by atoms with E-state index in [1.807, 2.05) is 0 Å². The predicted molar refractivity (Wildman–Crippen MR) is 109 cm³/mol. The molecule has 0 bridgehead atoms. The van der Waals surface area contributed by atoms with Gasteiger partial charge in [-0.2, -0.15) is 0 Å². The lowest BCUT2D eigenvalue weighted by Crippen LogP contribution is -2.45. The number of hydrogen-bond donors (Lipinski definition) is 2. The van der Waals surface area contributed by atoms with E-state index in [2.05, 4.69) is 52.8 Å². The molecule has 3 rings (SSSR count). The van der Waals surface area contributed by atoms with Gasteiger partial charge >= 0.3 is 0 Å². The topological polar surface area (TPSA) is 58.1 Å². The number of hydrogen-bond acceptors (Lipinski definition) is 4. The average molecular weight is 375 g/mol. The molecular formula is C21H34N4O2. The van der Waals surface area contributed by atoms with E-state index in [1.54, 1.807) is 0 Å². The molecule has 1 aromatic carbocycles. The van der Waals surface area contributed by atoms with Crippen LogP contribution in [0.4, 0.5) is 0 Å². The van der Waals surface area contributed by atoms with E-state index in [4.69, 9.17) is 14.5 Å². The highest BCUT2D eigenvalue weighted by molar-refractivity contribution is 5.79. The minimum absolute atomic E-state index is 0.0755. The molecule has 2 saturated heterocycles. The summed E-state index contributed by atoms with van der Waals surface area (Å²) in [4.78, 5) is 7.40. The zero-order chi connectivity index (χ0) is 18.8. The molecule has 2 N–H and O–H groups in total. The number of aliphatic imine (C=N–C) groups is 1. The van der Waals surface area contributed by atoms with Crippen LogP contribution in [0, 0.1) is 0 Å². The van der Waals surface area contributed by atoms with Gasteiger partial charge in [0.15, 0.2) is 5.96 Å². The van der Waals surface area contributed by atoms with Gasteiger partial charge in [0.25, 0.3) is 0 Å². The van der Waals surface area contributed by atoms with Crippen molar-refractivity contribution in [1.82, 2.24) is 15.5 Å². The maximum absolute atomic E-state index is 5.64. The zero-order valence-electron chi connectivity index (χ0n) is 16.6. The maximum atomic E-state index is 5.64. The average Bonchev–Trinajstić information content (AvgIpc) is 2.74. The lowest BCUT2D eigenvalue weighted by Gasteiger charge is -2.36. The standard InChI is InChI=1S/C21H34N4O2/c1-2-22-20(23-10-11-25-12-16-27-17-13-25)24-18-21(8-14-26-15-9-21)19-6-4-3-5-7-19/h3-7H,2,8-18H2,1H3,(H2,22,23,24). The number of morpholine rings is 1. The van der Waals surface area contributed by atoms with Crippen molar-refractivity contribution in [3.63, 3.8) is 0 Å². The molecule has 0 spiro atoms. The molecule has 150 valence electrons. The Hall–Kier alpha value is -1.63. The quantitative estimate of drug-likeness (QED) is 0.561. The van der Waals surface area contributed by atoms with Gasteiger partial charge < -0.3 is 20.1 Å². The van der Waals surface area contributed by atoms with Crippen LogP contribution in [-0.4, -0.2) is 76.6 Å². The van der Waals surface area contributed by atoms with Gasteiger partial charge in [-0.3, -0.25) is 9.89 Å². The molecule has 1 aromatic rings. The molecule has 27 heavy (non-hydrogen) atoms. The fourth-order valence-corrected chi connectivity index (χ4v) is 3.82. The van der Waals surface area contributed by atoms with Gasteiger partial charge in [0.2, 0.25) is 0 Å². The lowest BCUT2D eigenvalue weighted by atomic mass is 9.74. The van der Waals surface area contributed by atoms with Crippen molar-refractivity contribution in [3.05, 3.63) is 35.9 Å². The molecule has 2 aliphatic rings. The van der Waals surface area contributed by atoms with Gasteiger partial charge in [-0.05, 0) is 25.3 Å². The van der Waals surface area contributed by atoms with Gasteiger partial charge in [-0.15, -0.1) is 0 Å². The molecule has 0 atom stereocenters. The second-order valence-corrected chi connectivity index (χ2v) is 7.33. The molecule has 2 aliphatic heterocycles. The molecule has 0 radical (unpaired) electrons. The minimum Gasteiger partial charge on any atom is -0.381 e. The lowest BCUT2D eigenvalue weighted by molar-refractivity contribution is 0.0389. The van der Waals surface area contributed by atoms with Crippen LogP contribution >= 0.6 is 0 Å². The summed E-state index contributed by atoms with van der Waals surface area (Å²) >= 11 is 0. The van der Waals surface area contributed by atoms with Gasteiger partial charge in [0.1, 0.15) is 0 Å². The Morgan fingerprint density at radius 2 is 1.74 bits per heavy atom. The predicted octanol–water partition coefficient (Wildman–Crippen LogP) is 1.62. The third-order valence-electron chi connectivity index (χ3n) is 5.54. The third-order valence-corrected chi connectivity index (χ3v) is 5.54. The van der Waals surface area contributed by atoms with Crippen LogP contribution in [0.2, 0.25) is 0 Å². The number of rotatable bonds is 7. The van der Waals surface area contributed by atoms with Crippen molar-refractivity contribution >= 4 is 5.96 Å². The fraction of sp³-hybridized carbons (Fsp3) is 0.667. The Bertz CT molecular complexity index is 567. The van der Waals surface area contributed by atoms with Crippen molar-refractivity contribution in [2.24, 2.45) is 4.99 Å². The van der Waals surface area contributed by atoms with Crippen LogP contribution in [0.5, 0.6) is 0 Å². The molecule has 0 saturated carbocycles. The summed E-state index contributed by atoms with van der Waals surface area (Å²) < 4.78 is 11.1. The summed E-state index contributed by atoms with van der Waals surface area (Å²) in [5, 5.41) is 6.89. The highest BCUT2D eigenvalue weighted by atomic mass is 16.5. The molecule has 6 heteroatoms. The van der Waals surface area contributed by atoms with E-state index in [-0.39, 0.29) is 5.41 Å². The summed E-state index contributed by atoms with van der Waals surface area (Å²) in [5.41, 5.74) is 1.45. The zero-order valence-corrected chi connectivity index (χ0v) is 16.6. The first-order valence-corrected chi connectivity index (χ1v) is 10.3. The molecular weight excluding hydrogens is 340 g/mol. The van der Waals surface area contributed by atoms with Crippen LogP contribution in [-0.2, 0) is 14.9 Å². The Morgan fingerprint density at radius 3 is 2.44 bits per heavy atom. The van der Waals surface area contributed by atoms with Gasteiger partial charge in [-0.1, -0.05) is 30.3 Å². The Labute approximate surface area is 163 Å². The maximum Gasteiger partial charge on any atom is 0.191 e. The normalized spacial score (nSPS) is 21.0. The largest absolute Gasteiger partial charge is 0.381 e. The van der Waals surface area contributed by atoms with Crippen molar-refractivity contribution in [2.75, 3.05) is 65.7 Å². The Kier molecular flexibility index (Phi) is 7.93. The second kappa shape index (κ2) is 10.6. The number of nitrogens with one attached hydrogen (secondary N) is 2. The number of benzene rings is 1. The second-order valence-electron chi connectivity index (χ2n) is 7.33. The van der Waals surface area contributed by atoms with E-state index in [9.17, 15) is 0 Å². The van der Waals surface area contributed by atoms with Crippen molar-refractivity contribution in [1.29, 1.82) is 0 Å². The van der Waals surface area contributed by atoms with Crippen LogP contribution in [0.1, 0.15) is 25.3 Å². The molecule has 6 nitrogen and oxygen atoms in total. The van der Waals surface area contributed by atoms with E-state index in [0.29, 0.717) is 0 Å². The molecule has 2 fully saturated rings. The number of ether oxygens (including phenoxy) is 2. The van der Waals surface area contributed by atoms with Crippen LogP contribution in [0.25, 0.3) is 0 Å². The Morgan fingerprint density at radius 1 is 1.04 bits per heavy atom. The molecule has 2 heterocycles.